The van der Waals surface area contributed by atoms with Crippen LogP contribution in [0.25, 0.3) is 5.65 Å². The van der Waals surface area contributed by atoms with Crippen LogP contribution in [0.5, 0.6) is 0 Å². The molecule has 0 bridgehead atoms. The van der Waals surface area contributed by atoms with Crippen molar-refractivity contribution < 1.29 is 4.79 Å². The minimum Gasteiger partial charge on any atom is -0.354 e. The maximum atomic E-state index is 11.8. The van der Waals surface area contributed by atoms with Gasteiger partial charge in [0.05, 0.1) is 0 Å². The van der Waals surface area contributed by atoms with Crippen LogP contribution >= 0.6 is 0 Å². The molecule has 0 aliphatic rings. The van der Waals surface area contributed by atoms with E-state index in [1.54, 1.807) is 10.9 Å². The van der Waals surface area contributed by atoms with Crippen molar-refractivity contribution in [3.8, 4) is 0 Å². The fraction of sp³-hybridized carbons (Fsp3) is 0.286. The number of fused-ring (bicyclic) bond motifs is 1. The van der Waals surface area contributed by atoms with Gasteiger partial charge in [-0.1, -0.05) is 6.07 Å². The van der Waals surface area contributed by atoms with Crippen LogP contribution < -0.4 is 5.32 Å². The number of pyridine rings is 1. The SMILES string of the molecule is Cc1ccnn1CC(=O)NCCc1nnc2ccccn12. The molecule has 0 aliphatic carbocycles. The van der Waals surface area contributed by atoms with Crippen LogP contribution in [0.3, 0.4) is 0 Å². The van der Waals surface area contributed by atoms with Crippen LogP contribution in [0.2, 0.25) is 0 Å². The lowest BCUT2D eigenvalue weighted by Gasteiger charge is -2.06. The lowest BCUT2D eigenvalue weighted by Crippen LogP contribution is -2.30. The molecule has 7 nitrogen and oxygen atoms in total. The summed E-state index contributed by atoms with van der Waals surface area (Å²) in [6.07, 6.45) is 4.24. The van der Waals surface area contributed by atoms with Gasteiger partial charge in [-0.15, -0.1) is 10.2 Å². The molecule has 3 aromatic heterocycles. The summed E-state index contributed by atoms with van der Waals surface area (Å²) in [4.78, 5) is 11.8. The molecule has 0 aromatic carbocycles. The molecular weight excluding hydrogens is 268 g/mol. The Kier molecular flexibility index (Phi) is 3.63. The minimum absolute atomic E-state index is 0.0596. The van der Waals surface area contributed by atoms with E-state index in [1.165, 1.54) is 0 Å². The number of nitrogens with zero attached hydrogens (tertiary/aromatic N) is 5. The summed E-state index contributed by atoms with van der Waals surface area (Å²) >= 11 is 0. The van der Waals surface area contributed by atoms with E-state index in [9.17, 15) is 4.79 Å². The quantitative estimate of drug-likeness (QED) is 0.744. The van der Waals surface area contributed by atoms with Gasteiger partial charge in [-0.2, -0.15) is 5.10 Å². The molecule has 0 aliphatic heterocycles. The molecule has 1 amide bonds. The molecular formula is C14H16N6O. The van der Waals surface area contributed by atoms with Gasteiger partial charge >= 0.3 is 0 Å². The molecule has 7 heteroatoms. The highest BCUT2D eigenvalue weighted by atomic mass is 16.2. The Bertz CT molecular complexity index is 760. The summed E-state index contributed by atoms with van der Waals surface area (Å²) in [5, 5.41) is 15.2. The summed E-state index contributed by atoms with van der Waals surface area (Å²) in [7, 11) is 0. The van der Waals surface area contributed by atoms with Crippen LogP contribution in [-0.2, 0) is 17.8 Å². The Balaban J connectivity index is 1.54. The second-order valence-corrected chi connectivity index (χ2v) is 4.78. The number of rotatable bonds is 5. The van der Waals surface area contributed by atoms with Crippen molar-refractivity contribution in [1.82, 2.24) is 29.7 Å². The van der Waals surface area contributed by atoms with Crippen molar-refractivity contribution in [2.75, 3.05) is 6.54 Å². The zero-order valence-electron chi connectivity index (χ0n) is 11.7. The van der Waals surface area contributed by atoms with Crippen molar-refractivity contribution in [2.24, 2.45) is 0 Å². The van der Waals surface area contributed by atoms with E-state index in [-0.39, 0.29) is 12.5 Å². The molecule has 0 atom stereocenters. The molecule has 0 radical (unpaired) electrons. The van der Waals surface area contributed by atoms with E-state index in [0.29, 0.717) is 13.0 Å². The maximum absolute atomic E-state index is 11.8. The fourth-order valence-electron chi connectivity index (χ4n) is 2.13. The Morgan fingerprint density at radius 2 is 2.19 bits per heavy atom. The van der Waals surface area contributed by atoms with Gasteiger partial charge in [0.15, 0.2) is 5.65 Å². The van der Waals surface area contributed by atoms with E-state index in [4.69, 9.17) is 0 Å². The molecule has 3 aromatic rings. The zero-order valence-corrected chi connectivity index (χ0v) is 11.7. The predicted molar refractivity (Wildman–Crippen MR) is 76.7 cm³/mol. The summed E-state index contributed by atoms with van der Waals surface area (Å²) < 4.78 is 3.59. The third-order valence-electron chi connectivity index (χ3n) is 3.28. The van der Waals surface area contributed by atoms with Gasteiger partial charge in [0.25, 0.3) is 0 Å². The van der Waals surface area contributed by atoms with Crippen LogP contribution in [0.15, 0.2) is 36.7 Å². The first-order valence-corrected chi connectivity index (χ1v) is 6.78. The zero-order chi connectivity index (χ0) is 14.7. The summed E-state index contributed by atoms with van der Waals surface area (Å²) in [6.45, 7) is 2.68. The largest absolute Gasteiger partial charge is 0.354 e. The number of carbonyl (C=O) groups excluding carboxylic acids is 1. The average molecular weight is 284 g/mol. The van der Waals surface area contributed by atoms with Gasteiger partial charge in [-0.3, -0.25) is 13.9 Å². The van der Waals surface area contributed by atoms with Crippen molar-refractivity contribution in [1.29, 1.82) is 0 Å². The molecule has 3 heterocycles. The normalized spacial score (nSPS) is 10.9. The van der Waals surface area contributed by atoms with E-state index in [1.807, 2.05) is 41.8 Å². The smallest absolute Gasteiger partial charge is 0.241 e. The highest BCUT2D eigenvalue weighted by Crippen LogP contribution is 2.02. The summed E-state index contributed by atoms with van der Waals surface area (Å²) in [6, 6.07) is 7.62. The van der Waals surface area contributed by atoms with Crippen molar-refractivity contribution in [3.63, 3.8) is 0 Å². The first-order valence-electron chi connectivity index (χ1n) is 6.78. The highest BCUT2D eigenvalue weighted by molar-refractivity contribution is 5.75. The number of amides is 1. The van der Waals surface area contributed by atoms with Crippen molar-refractivity contribution >= 4 is 11.6 Å². The monoisotopic (exact) mass is 284 g/mol. The van der Waals surface area contributed by atoms with E-state index >= 15 is 0 Å². The Morgan fingerprint density at radius 3 is 3.00 bits per heavy atom. The number of hydrogen-bond acceptors (Lipinski definition) is 4. The Labute approximate surface area is 121 Å². The first-order chi connectivity index (χ1) is 10.2. The molecule has 1 N–H and O–H groups in total. The summed E-state index contributed by atoms with van der Waals surface area (Å²) in [5.41, 5.74) is 1.78. The topological polar surface area (TPSA) is 77.1 Å². The summed E-state index contributed by atoms with van der Waals surface area (Å²) in [5.74, 6) is 0.775. The second-order valence-electron chi connectivity index (χ2n) is 4.78. The maximum Gasteiger partial charge on any atom is 0.241 e. The van der Waals surface area contributed by atoms with Gasteiger partial charge in [-0.25, -0.2) is 0 Å². The van der Waals surface area contributed by atoms with Gasteiger partial charge in [0.1, 0.15) is 12.4 Å². The molecule has 3 rings (SSSR count). The van der Waals surface area contributed by atoms with Gasteiger partial charge < -0.3 is 5.32 Å². The first kappa shape index (κ1) is 13.3. The van der Waals surface area contributed by atoms with Crippen LogP contribution in [0.1, 0.15) is 11.5 Å². The van der Waals surface area contributed by atoms with E-state index < -0.39 is 0 Å². The van der Waals surface area contributed by atoms with Crippen LogP contribution in [0, 0.1) is 6.92 Å². The fourth-order valence-corrected chi connectivity index (χ4v) is 2.13. The molecule has 0 saturated carbocycles. The predicted octanol–water partition coefficient (Wildman–Crippen LogP) is 0.593. The standard InChI is InChI=1S/C14H16N6O/c1-11-5-8-16-20(11)10-14(21)15-7-6-13-18-17-12-4-2-3-9-19(12)13/h2-5,8-9H,6-7,10H2,1H3,(H,15,21). The van der Waals surface area contributed by atoms with Crippen molar-refractivity contribution in [3.05, 3.63) is 48.2 Å². The number of aromatic nitrogens is 5. The lowest BCUT2D eigenvalue weighted by molar-refractivity contribution is -0.121. The third kappa shape index (κ3) is 2.91. The number of nitrogens with one attached hydrogen (secondary N) is 1. The number of aryl methyl sites for hydroxylation is 1. The average Bonchev–Trinajstić information content (AvgIpc) is 3.07. The number of carbonyl (C=O) groups is 1. The van der Waals surface area contributed by atoms with E-state index in [0.717, 1.165) is 17.2 Å². The van der Waals surface area contributed by atoms with E-state index in [2.05, 4.69) is 20.6 Å². The second kappa shape index (κ2) is 5.74. The van der Waals surface area contributed by atoms with Gasteiger partial charge in [-0.05, 0) is 25.1 Å². The molecule has 0 saturated heterocycles. The van der Waals surface area contributed by atoms with Crippen molar-refractivity contribution in [2.45, 2.75) is 19.9 Å². The molecule has 0 unspecified atom stereocenters. The van der Waals surface area contributed by atoms with Gasteiger partial charge in [0, 0.05) is 31.1 Å². The molecule has 21 heavy (non-hydrogen) atoms. The Hall–Kier alpha value is -2.70. The van der Waals surface area contributed by atoms with Crippen LogP contribution in [-0.4, -0.2) is 36.8 Å². The minimum atomic E-state index is -0.0596. The Morgan fingerprint density at radius 1 is 1.29 bits per heavy atom. The molecule has 0 fully saturated rings. The lowest BCUT2D eigenvalue weighted by atomic mass is 10.3. The third-order valence-corrected chi connectivity index (χ3v) is 3.28. The molecule has 0 spiro atoms. The van der Waals surface area contributed by atoms with Crippen LogP contribution in [0.4, 0.5) is 0 Å². The number of hydrogen-bond donors (Lipinski definition) is 1. The highest BCUT2D eigenvalue weighted by Gasteiger charge is 2.07. The molecule has 108 valence electrons. The van der Waals surface area contributed by atoms with Gasteiger partial charge in [0.2, 0.25) is 5.91 Å².